The third-order valence-corrected chi connectivity index (χ3v) is 4.79. The van der Waals surface area contributed by atoms with E-state index in [9.17, 15) is 9.59 Å². The van der Waals surface area contributed by atoms with Gasteiger partial charge in [-0.15, -0.1) is 0 Å². The Kier molecular flexibility index (Phi) is 6.94. The van der Waals surface area contributed by atoms with Crippen LogP contribution in [0.4, 0.5) is 5.69 Å². The summed E-state index contributed by atoms with van der Waals surface area (Å²) in [7, 11) is 1.63. The van der Waals surface area contributed by atoms with E-state index in [4.69, 9.17) is 5.26 Å². The van der Waals surface area contributed by atoms with Gasteiger partial charge < -0.3 is 0 Å². The molecule has 24 heavy (non-hydrogen) atoms. The van der Waals surface area contributed by atoms with E-state index in [1.807, 2.05) is 6.07 Å². The van der Waals surface area contributed by atoms with Crippen LogP contribution in [0.25, 0.3) is 0 Å². The molecule has 2 N–H and O–H groups in total. The molecule has 2 rings (SSSR count). The number of hydrogen-bond donors (Lipinski definition) is 2. The van der Waals surface area contributed by atoms with Crippen molar-refractivity contribution in [2.75, 3.05) is 18.5 Å². The van der Waals surface area contributed by atoms with Gasteiger partial charge in [-0.25, -0.2) is 0 Å². The molecular weight excluding hydrogens is 373 g/mol. The van der Waals surface area contributed by atoms with Gasteiger partial charge in [-0.2, -0.15) is 0 Å². The van der Waals surface area contributed by atoms with E-state index in [0.717, 1.165) is 4.40 Å². The Hall–Kier alpha value is -2.20. The van der Waals surface area contributed by atoms with E-state index in [-0.39, 0.29) is 18.4 Å². The van der Waals surface area contributed by atoms with Gasteiger partial charge in [0.15, 0.2) is 0 Å². The van der Waals surface area contributed by atoms with E-state index in [1.165, 1.54) is 4.90 Å². The van der Waals surface area contributed by atoms with Crippen LogP contribution in [0.3, 0.4) is 0 Å². The molecule has 0 aromatic heterocycles. The number of hydrogen-bond acceptors (Lipinski definition) is 5. The molecule has 0 bridgehead atoms. The molecule has 0 unspecified atom stereocenters. The van der Waals surface area contributed by atoms with Gasteiger partial charge in [0.1, 0.15) is 0 Å². The Morgan fingerprint density at radius 2 is 1.79 bits per heavy atom. The summed E-state index contributed by atoms with van der Waals surface area (Å²) in [6.45, 7) is -0.0959. The second-order valence-corrected chi connectivity index (χ2v) is 6.80. The van der Waals surface area contributed by atoms with Crippen LogP contribution in [0.2, 0.25) is 0 Å². The molecule has 0 spiro atoms. The summed E-state index contributed by atoms with van der Waals surface area (Å²) < 4.78 is 5.42. The van der Waals surface area contributed by atoms with Gasteiger partial charge >= 0.3 is 139 Å². The number of amides is 2. The molecule has 8 heteroatoms. The zero-order chi connectivity index (χ0) is 17.4. The predicted octanol–water partition coefficient (Wildman–Crippen LogP) is 0.745. The normalized spacial score (nSPS) is 10.2. The first-order valence-electron chi connectivity index (χ1n) is 7.05. The Labute approximate surface area is 145 Å². The third kappa shape index (κ3) is 5.17. The molecule has 0 aliphatic heterocycles. The summed E-state index contributed by atoms with van der Waals surface area (Å²) in [5, 5.41) is 14.4. The van der Waals surface area contributed by atoms with Crippen molar-refractivity contribution in [1.29, 1.82) is 0 Å². The van der Waals surface area contributed by atoms with Crippen molar-refractivity contribution in [3.63, 3.8) is 0 Å². The maximum absolute atomic E-state index is 12.2. The van der Waals surface area contributed by atoms with Gasteiger partial charge in [-0.05, 0) is 0 Å². The van der Waals surface area contributed by atoms with Crippen molar-refractivity contribution in [1.82, 2.24) is 5.32 Å². The number of likely N-dealkylation sites (N-methyl/N-ethyl adjacent to an activating group) is 1. The number of carbonyl (C=O) groups is 2. The number of carbonyl (C=O) groups excluding carboxylic acids is 2. The third-order valence-electron chi connectivity index (χ3n) is 3.26. The fourth-order valence-electron chi connectivity index (χ4n) is 1.93. The number of nitrogens with one attached hydrogen (secondary N) is 1. The minimum atomic E-state index is -1.03. The van der Waals surface area contributed by atoms with Crippen molar-refractivity contribution < 1.29 is 23.8 Å². The van der Waals surface area contributed by atoms with Crippen LogP contribution >= 0.6 is 0 Å². The average molecular weight is 389 g/mol. The fraction of sp³-hybridized carbons (Fsp3) is 0.125. The number of nitrogens with zero attached hydrogens (tertiary/aromatic N) is 1. The van der Waals surface area contributed by atoms with E-state index < -0.39 is 15.8 Å². The average Bonchev–Trinajstić information content (AvgIpc) is 2.64. The Balaban J connectivity index is 1.88. The Morgan fingerprint density at radius 1 is 1.12 bits per heavy atom. The van der Waals surface area contributed by atoms with Gasteiger partial charge in [-0.3, -0.25) is 0 Å². The zero-order valence-corrected chi connectivity index (χ0v) is 15.0. The summed E-state index contributed by atoms with van der Waals surface area (Å²) in [6, 6.07) is 15.8. The van der Waals surface area contributed by atoms with Crippen molar-refractivity contribution in [3.05, 3.63) is 60.2 Å². The molecule has 0 aliphatic carbocycles. The summed E-state index contributed by atoms with van der Waals surface area (Å²) in [5.74, 6) is -0.530. The SMILES string of the molecule is CN(C(=O)CNC(=O)c1ccccc1)c1cc[c]([Ge][O]OO)cc1. The van der Waals surface area contributed by atoms with Crippen molar-refractivity contribution in [2.45, 2.75) is 0 Å². The first-order valence-corrected chi connectivity index (χ1v) is 8.95. The van der Waals surface area contributed by atoms with Crippen molar-refractivity contribution >= 4 is 37.7 Å². The molecule has 0 aliphatic rings. The number of benzene rings is 2. The second-order valence-electron chi connectivity index (χ2n) is 4.81. The molecule has 2 aromatic carbocycles. The molecule has 2 amide bonds. The van der Waals surface area contributed by atoms with Crippen molar-refractivity contribution in [3.8, 4) is 0 Å². The van der Waals surface area contributed by atoms with Crippen LogP contribution < -0.4 is 14.6 Å². The molecule has 0 atom stereocenters. The summed E-state index contributed by atoms with van der Waals surface area (Å²) >= 11 is -1.03. The molecule has 2 aromatic rings. The maximum atomic E-state index is 12.2. The molecule has 0 saturated heterocycles. The van der Waals surface area contributed by atoms with Crippen LogP contribution in [0.1, 0.15) is 10.4 Å². The van der Waals surface area contributed by atoms with Crippen LogP contribution in [0.15, 0.2) is 54.6 Å². The van der Waals surface area contributed by atoms with Crippen LogP contribution in [0.5, 0.6) is 0 Å². The van der Waals surface area contributed by atoms with E-state index in [2.05, 4.69) is 14.3 Å². The second kappa shape index (κ2) is 9.18. The standard InChI is InChI=1S/C16H16GeN2O5/c1-19(14-9-7-13(8-10-14)17-23-24-22)15(20)11-18-16(21)12-5-3-2-4-6-12/h2-10,22H,11H2,1H3,(H,18,21). The predicted molar refractivity (Wildman–Crippen MR) is 88.8 cm³/mol. The van der Waals surface area contributed by atoms with Crippen LogP contribution in [-0.4, -0.2) is 46.4 Å². The van der Waals surface area contributed by atoms with Crippen molar-refractivity contribution in [2.24, 2.45) is 0 Å². The molecule has 124 valence electrons. The molecule has 0 heterocycles. The summed E-state index contributed by atoms with van der Waals surface area (Å²) in [5.41, 5.74) is 1.20. The Bertz CT molecular complexity index is 679. The van der Waals surface area contributed by atoms with Gasteiger partial charge in [0.25, 0.3) is 0 Å². The first kappa shape index (κ1) is 18.1. The molecule has 7 nitrogen and oxygen atoms in total. The quantitative estimate of drug-likeness (QED) is 0.415. The first-order chi connectivity index (χ1) is 11.6. The zero-order valence-electron chi connectivity index (χ0n) is 12.9. The van der Waals surface area contributed by atoms with Crippen LogP contribution in [-0.2, 0) is 13.7 Å². The molecular formula is C16H16GeN2O5. The number of anilines is 1. The molecule has 0 fully saturated rings. The van der Waals surface area contributed by atoms with Gasteiger partial charge in [0, 0.05) is 0 Å². The molecule has 2 radical (unpaired) electrons. The fourth-order valence-corrected chi connectivity index (χ4v) is 2.85. The van der Waals surface area contributed by atoms with E-state index in [1.54, 1.807) is 55.6 Å². The van der Waals surface area contributed by atoms with E-state index in [0.29, 0.717) is 11.3 Å². The summed E-state index contributed by atoms with van der Waals surface area (Å²) in [6.07, 6.45) is 0. The van der Waals surface area contributed by atoms with Gasteiger partial charge in [0.05, 0.1) is 0 Å². The summed E-state index contributed by atoms with van der Waals surface area (Å²) in [4.78, 5) is 25.6. The number of rotatable bonds is 7. The topological polar surface area (TPSA) is 88.1 Å². The van der Waals surface area contributed by atoms with Gasteiger partial charge in [-0.1, -0.05) is 6.07 Å². The van der Waals surface area contributed by atoms with Crippen LogP contribution in [0, 0.1) is 0 Å². The molecule has 0 saturated carbocycles. The Morgan fingerprint density at radius 3 is 2.42 bits per heavy atom. The minimum absolute atomic E-state index is 0.0959. The monoisotopic (exact) mass is 390 g/mol. The van der Waals surface area contributed by atoms with E-state index >= 15 is 0 Å². The van der Waals surface area contributed by atoms with Gasteiger partial charge in [0.2, 0.25) is 0 Å².